The summed E-state index contributed by atoms with van der Waals surface area (Å²) in [6.45, 7) is 2.41. The summed E-state index contributed by atoms with van der Waals surface area (Å²) >= 11 is 0. The topological polar surface area (TPSA) is 89.0 Å². The molecule has 7 heteroatoms. The van der Waals surface area contributed by atoms with Gasteiger partial charge in [-0.25, -0.2) is 4.99 Å². The average molecular weight is 367 g/mol. The van der Waals surface area contributed by atoms with Crippen LogP contribution in [0.25, 0.3) is 0 Å². The molecule has 0 saturated heterocycles. The highest BCUT2D eigenvalue weighted by Gasteiger charge is 2.26. The van der Waals surface area contributed by atoms with Crippen molar-refractivity contribution in [2.24, 2.45) is 4.99 Å². The number of nitrogens with zero attached hydrogens (tertiary/aromatic N) is 1. The molecule has 27 heavy (non-hydrogen) atoms. The largest absolute Gasteiger partial charge is 0.497 e. The Bertz CT molecular complexity index is 879. The van der Waals surface area contributed by atoms with Crippen molar-refractivity contribution in [3.8, 4) is 11.5 Å². The zero-order chi connectivity index (χ0) is 19.2. The number of aliphatic imine (C=N–C) groups is 1. The predicted molar refractivity (Wildman–Crippen MR) is 101 cm³/mol. The highest BCUT2D eigenvalue weighted by atomic mass is 16.5. The molecular formula is C20H21N3O4. The van der Waals surface area contributed by atoms with Crippen LogP contribution in [0.1, 0.15) is 35.3 Å². The quantitative estimate of drug-likeness (QED) is 0.849. The van der Waals surface area contributed by atoms with Crippen LogP contribution in [-0.4, -0.2) is 31.5 Å². The van der Waals surface area contributed by atoms with Crippen LogP contribution in [0.4, 0.5) is 0 Å². The summed E-state index contributed by atoms with van der Waals surface area (Å²) in [6, 6.07) is 13.8. The third-order valence-corrected chi connectivity index (χ3v) is 4.06. The number of carbonyl (C=O) groups is 2. The minimum Gasteiger partial charge on any atom is -0.497 e. The number of benzene rings is 2. The zero-order valence-corrected chi connectivity index (χ0v) is 15.2. The van der Waals surface area contributed by atoms with Gasteiger partial charge in [0.2, 0.25) is 11.9 Å². The van der Waals surface area contributed by atoms with Gasteiger partial charge in [0.25, 0.3) is 5.91 Å². The summed E-state index contributed by atoms with van der Waals surface area (Å²) in [5.41, 5.74) is 1.21. The first kappa shape index (κ1) is 18.4. The molecule has 0 bridgehead atoms. The molecule has 3 rings (SSSR count). The minimum absolute atomic E-state index is 0.121. The first-order chi connectivity index (χ1) is 13.1. The summed E-state index contributed by atoms with van der Waals surface area (Å²) in [6.07, 6.45) is 0.183. The van der Waals surface area contributed by atoms with Crippen LogP contribution < -0.4 is 20.1 Å². The van der Waals surface area contributed by atoms with Crippen molar-refractivity contribution in [3.05, 3.63) is 59.7 Å². The number of carbonyl (C=O) groups excluding carboxylic acids is 2. The molecule has 2 N–H and O–H groups in total. The molecule has 0 saturated carbocycles. The fraction of sp³-hybridized carbons (Fsp3) is 0.250. The smallest absolute Gasteiger partial charge is 0.258 e. The second-order valence-corrected chi connectivity index (χ2v) is 5.90. The van der Waals surface area contributed by atoms with Crippen LogP contribution in [0.3, 0.4) is 0 Å². The number of nitrogens with one attached hydrogen (secondary N) is 2. The number of guanidine groups is 1. The molecule has 7 nitrogen and oxygen atoms in total. The summed E-state index contributed by atoms with van der Waals surface area (Å²) in [4.78, 5) is 29.1. The standard InChI is InChI=1S/C20H21N3O4/c1-3-27-17-10-5-4-9-15(17)16-12-18(24)22-20(21-16)23-19(25)13-7-6-8-14(11-13)26-2/h4-11,16H,3,12H2,1-2H3,(H2,21,22,23,24,25). The molecule has 0 fully saturated rings. The van der Waals surface area contributed by atoms with Crippen LogP contribution in [0.5, 0.6) is 11.5 Å². The lowest BCUT2D eigenvalue weighted by Crippen LogP contribution is -2.47. The summed E-state index contributed by atoms with van der Waals surface area (Å²) < 4.78 is 10.8. The van der Waals surface area contributed by atoms with E-state index in [0.717, 1.165) is 5.56 Å². The summed E-state index contributed by atoms with van der Waals surface area (Å²) in [5.74, 6) is 0.770. The van der Waals surface area contributed by atoms with E-state index in [1.807, 2.05) is 31.2 Å². The third kappa shape index (κ3) is 4.44. The molecule has 1 unspecified atom stereocenters. The predicted octanol–water partition coefficient (Wildman–Crippen LogP) is 2.44. The lowest BCUT2D eigenvalue weighted by atomic mass is 10.0. The Morgan fingerprint density at radius 2 is 2.07 bits per heavy atom. The van der Waals surface area contributed by atoms with Gasteiger partial charge < -0.3 is 9.47 Å². The van der Waals surface area contributed by atoms with E-state index in [-0.39, 0.29) is 24.2 Å². The summed E-state index contributed by atoms with van der Waals surface area (Å²) in [7, 11) is 1.53. The molecule has 0 aliphatic carbocycles. The number of para-hydroxylation sites is 1. The highest BCUT2D eigenvalue weighted by Crippen LogP contribution is 2.31. The molecular weight excluding hydrogens is 346 g/mol. The zero-order valence-electron chi connectivity index (χ0n) is 15.2. The molecule has 0 radical (unpaired) electrons. The fourth-order valence-electron chi connectivity index (χ4n) is 2.82. The van der Waals surface area contributed by atoms with Crippen molar-refractivity contribution < 1.29 is 19.1 Å². The molecule has 1 aliphatic heterocycles. The van der Waals surface area contributed by atoms with Crippen molar-refractivity contribution in [3.63, 3.8) is 0 Å². The van der Waals surface area contributed by atoms with E-state index < -0.39 is 6.04 Å². The van der Waals surface area contributed by atoms with Crippen LogP contribution in [0.15, 0.2) is 53.5 Å². The van der Waals surface area contributed by atoms with E-state index in [1.54, 1.807) is 24.3 Å². The summed E-state index contributed by atoms with van der Waals surface area (Å²) in [5, 5.41) is 5.25. The van der Waals surface area contributed by atoms with Crippen LogP contribution in [0.2, 0.25) is 0 Å². The second-order valence-electron chi connectivity index (χ2n) is 5.90. The van der Waals surface area contributed by atoms with Crippen molar-refractivity contribution in [1.29, 1.82) is 0 Å². The normalized spacial score (nSPS) is 16.1. The van der Waals surface area contributed by atoms with Crippen molar-refractivity contribution in [1.82, 2.24) is 10.6 Å². The molecule has 1 atom stereocenters. The van der Waals surface area contributed by atoms with E-state index in [1.165, 1.54) is 7.11 Å². The van der Waals surface area contributed by atoms with Gasteiger partial charge in [-0.05, 0) is 31.2 Å². The lowest BCUT2D eigenvalue weighted by molar-refractivity contribution is -0.120. The maximum absolute atomic E-state index is 12.5. The molecule has 0 spiro atoms. The van der Waals surface area contributed by atoms with E-state index in [0.29, 0.717) is 23.7 Å². The lowest BCUT2D eigenvalue weighted by Gasteiger charge is -2.23. The first-order valence-electron chi connectivity index (χ1n) is 8.65. The van der Waals surface area contributed by atoms with Gasteiger partial charge in [0.15, 0.2) is 0 Å². The van der Waals surface area contributed by atoms with Gasteiger partial charge in [-0.3, -0.25) is 20.2 Å². The first-order valence-corrected chi connectivity index (χ1v) is 8.65. The number of hydrogen-bond acceptors (Lipinski definition) is 5. The van der Waals surface area contributed by atoms with Crippen molar-refractivity contribution in [2.75, 3.05) is 13.7 Å². The Morgan fingerprint density at radius 3 is 2.85 bits per heavy atom. The van der Waals surface area contributed by atoms with E-state index >= 15 is 0 Å². The SMILES string of the molecule is CCOc1ccccc1C1CC(=O)NC(NC(=O)c2cccc(OC)c2)=N1. The maximum atomic E-state index is 12.5. The Balaban J connectivity index is 1.83. The van der Waals surface area contributed by atoms with Gasteiger partial charge in [0, 0.05) is 11.1 Å². The fourth-order valence-corrected chi connectivity index (χ4v) is 2.82. The van der Waals surface area contributed by atoms with E-state index in [2.05, 4.69) is 15.6 Å². The Hall–Kier alpha value is -3.35. The molecule has 140 valence electrons. The van der Waals surface area contributed by atoms with E-state index in [4.69, 9.17) is 9.47 Å². The molecule has 1 heterocycles. The van der Waals surface area contributed by atoms with Crippen LogP contribution in [0, 0.1) is 0 Å². The minimum atomic E-state index is -0.429. The van der Waals surface area contributed by atoms with Crippen LogP contribution in [-0.2, 0) is 4.79 Å². The van der Waals surface area contributed by atoms with Gasteiger partial charge in [-0.1, -0.05) is 24.3 Å². The Kier molecular flexibility index (Phi) is 5.71. The maximum Gasteiger partial charge on any atom is 0.258 e. The second kappa shape index (κ2) is 8.35. The number of ether oxygens (including phenoxy) is 2. The molecule has 2 aromatic rings. The van der Waals surface area contributed by atoms with Crippen LogP contribution >= 0.6 is 0 Å². The molecule has 0 aromatic heterocycles. The van der Waals surface area contributed by atoms with Gasteiger partial charge in [0.05, 0.1) is 26.2 Å². The van der Waals surface area contributed by atoms with Gasteiger partial charge in [0.1, 0.15) is 11.5 Å². The highest BCUT2D eigenvalue weighted by molar-refractivity contribution is 6.10. The van der Waals surface area contributed by atoms with Crippen molar-refractivity contribution in [2.45, 2.75) is 19.4 Å². The number of rotatable bonds is 5. The third-order valence-electron chi connectivity index (χ3n) is 4.06. The van der Waals surface area contributed by atoms with Gasteiger partial charge in [-0.15, -0.1) is 0 Å². The Morgan fingerprint density at radius 1 is 1.26 bits per heavy atom. The van der Waals surface area contributed by atoms with Gasteiger partial charge in [-0.2, -0.15) is 0 Å². The average Bonchev–Trinajstić information content (AvgIpc) is 2.68. The number of methoxy groups -OCH3 is 1. The molecule has 2 amide bonds. The molecule has 1 aliphatic rings. The number of amides is 2. The number of hydrogen-bond donors (Lipinski definition) is 2. The monoisotopic (exact) mass is 367 g/mol. The Labute approximate surface area is 157 Å². The molecule has 2 aromatic carbocycles. The van der Waals surface area contributed by atoms with E-state index in [9.17, 15) is 9.59 Å². The van der Waals surface area contributed by atoms with Gasteiger partial charge >= 0.3 is 0 Å². The van der Waals surface area contributed by atoms with Crippen molar-refractivity contribution >= 4 is 17.8 Å².